The highest BCUT2D eigenvalue weighted by molar-refractivity contribution is 5.98. The van der Waals surface area contributed by atoms with Gasteiger partial charge in [-0.25, -0.2) is 9.78 Å². The van der Waals surface area contributed by atoms with Gasteiger partial charge in [-0.3, -0.25) is 9.36 Å². The first-order chi connectivity index (χ1) is 14.6. The fraction of sp³-hybridized carbons (Fsp3) is 0.273. The van der Waals surface area contributed by atoms with Crippen LogP contribution in [0, 0.1) is 0 Å². The number of carbonyl (C=O) groups excluding carboxylic acids is 1. The minimum atomic E-state index is -0.427. The third-order valence-electron chi connectivity index (χ3n) is 4.97. The molecular weight excluding hydrogens is 384 g/mol. The smallest absolute Gasteiger partial charge is 0.351 e. The Hall–Kier alpha value is -3.68. The van der Waals surface area contributed by atoms with E-state index in [-0.39, 0.29) is 12.3 Å². The monoisotopic (exact) mass is 406 g/mol. The molecule has 0 amide bonds. The standard InChI is InChI=1S/C22H22N4O4/c1-4-8-20-23-21-15-11-18(29-2)19(30-3)12-16(15)25(22(28)26(21)24-20)13-17(27)14-9-6-5-7-10-14/h5-7,9-12H,4,8,13H2,1-3H3. The molecule has 0 unspecified atom stereocenters. The molecule has 0 bridgehead atoms. The summed E-state index contributed by atoms with van der Waals surface area (Å²) in [7, 11) is 3.07. The molecule has 0 aliphatic carbocycles. The van der Waals surface area contributed by atoms with E-state index in [9.17, 15) is 9.59 Å². The van der Waals surface area contributed by atoms with Gasteiger partial charge in [-0.1, -0.05) is 37.3 Å². The molecule has 8 nitrogen and oxygen atoms in total. The summed E-state index contributed by atoms with van der Waals surface area (Å²) in [5.74, 6) is 1.37. The third kappa shape index (κ3) is 3.30. The second kappa shape index (κ2) is 7.98. The summed E-state index contributed by atoms with van der Waals surface area (Å²) in [5, 5.41) is 5.04. The zero-order valence-corrected chi connectivity index (χ0v) is 17.1. The topological polar surface area (TPSA) is 87.7 Å². The number of hydrogen-bond acceptors (Lipinski definition) is 6. The van der Waals surface area contributed by atoms with E-state index >= 15 is 0 Å². The van der Waals surface area contributed by atoms with Gasteiger partial charge >= 0.3 is 5.69 Å². The molecule has 2 aromatic carbocycles. The van der Waals surface area contributed by atoms with Crippen LogP contribution < -0.4 is 15.2 Å². The van der Waals surface area contributed by atoms with Crippen molar-refractivity contribution in [3.8, 4) is 11.5 Å². The predicted molar refractivity (Wildman–Crippen MR) is 113 cm³/mol. The van der Waals surface area contributed by atoms with Crippen molar-refractivity contribution in [2.24, 2.45) is 0 Å². The number of Topliss-reactive ketones (excluding diaryl/α,β-unsaturated/α-hetero) is 1. The predicted octanol–water partition coefficient (Wildman–Crippen LogP) is 2.90. The minimum Gasteiger partial charge on any atom is -0.493 e. The lowest BCUT2D eigenvalue weighted by atomic mass is 10.1. The summed E-state index contributed by atoms with van der Waals surface area (Å²) in [6, 6.07) is 12.3. The molecule has 0 aliphatic heterocycles. The summed E-state index contributed by atoms with van der Waals surface area (Å²) in [5.41, 5.74) is 1.07. The van der Waals surface area contributed by atoms with Crippen LogP contribution in [0.2, 0.25) is 0 Å². The van der Waals surface area contributed by atoms with Gasteiger partial charge < -0.3 is 9.47 Å². The zero-order chi connectivity index (χ0) is 21.3. The zero-order valence-electron chi connectivity index (χ0n) is 17.1. The van der Waals surface area contributed by atoms with E-state index in [0.717, 1.165) is 6.42 Å². The molecule has 8 heteroatoms. The number of carbonyl (C=O) groups is 1. The lowest BCUT2D eigenvalue weighted by Gasteiger charge is -2.14. The summed E-state index contributed by atoms with van der Waals surface area (Å²) < 4.78 is 13.5. The maximum atomic E-state index is 13.3. The Morgan fingerprint density at radius 2 is 1.77 bits per heavy atom. The minimum absolute atomic E-state index is 0.131. The third-order valence-corrected chi connectivity index (χ3v) is 4.97. The van der Waals surface area contributed by atoms with Crippen LogP contribution in [-0.2, 0) is 13.0 Å². The van der Waals surface area contributed by atoms with Crippen molar-refractivity contribution in [1.29, 1.82) is 0 Å². The first kappa shape index (κ1) is 19.6. The SMILES string of the molecule is CCCc1nc2c3cc(OC)c(OC)cc3n(CC(=O)c3ccccc3)c(=O)n2n1. The Balaban J connectivity index is 2.00. The summed E-state index contributed by atoms with van der Waals surface area (Å²) in [6.07, 6.45) is 1.51. The number of aromatic nitrogens is 4. The number of aryl methyl sites for hydroxylation is 1. The number of nitrogens with zero attached hydrogens (tertiary/aromatic N) is 4. The van der Waals surface area contributed by atoms with Gasteiger partial charge in [-0.2, -0.15) is 4.52 Å². The second-order valence-corrected chi connectivity index (χ2v) is 6.90. The molecule has 0 aliphatic rings. The fourth-order valence-corrected chi connectivity index (χ4v) is 3.49. The van der Waals surface area contributed by atoms with Crippen LogP contribution in [0.1, 0.15) is 29.5 Å². The molecule has 0 radical (unpaired) electrons. The maximum absolute atomic E-state index is 13.3. The first-order valence-electron chi connectivity index (χ1n) is 9.69. The normalized spacial score (nSPS) is 11.2. The number of benzene rings is 2. The molecule has 4 rings (SSSR count). The molecule has 0 atom stereocenters. The van der Waals surface area contributed by atoms with Crippen molar-refractivity contribution in [2.45, 2.75) is 26.3 Å². The van der Waals surface area contributed by atoms with Gasteiger partial charge in [0.15, 0.2) is 28.8 Å². The average Bonchev–Trinajstić information content (AvgIpc) is 3.20. The van der Waals surface area contributed by atoms with E-state index in [1.165, 1.54) is 16.2 Å². The molecule has 0 spiro atoms. The van der Waals surface area contributed by atoms with Crippen molar-refractivity contribution in [3.63, 3.8) is 0 Å². The van der Waals surface area contributed by atoms with Crippen LogP contribution in [0.3, 0.4) is 0 Å². The van der Waals surface area contributed by atoms with E-state index in [1.807, 2.05) is 13.0 Å². The molecule has 30 heavy (non-hydrogen) atoms. The maximum Gasteiger partial charge on any atom is 0.351 e. The molecule has 0 saturated heterocycles. The first-order valence-corrected chi connectivity index (χ1v) is 9.69. The largest absolute Gasteiger partial charge is 0.493 e. The average molecular weight is 406 g/mol. The molecule has 4 aromatic rings. The molecular formula is C22H22N4O4. The van der Waals surface area contributed by atoms with Gasteiger partial charge in [0.25, 0.3) is 0 Å². The van der Waals surface area contributed by atoms with E-state index in [4.69, 9.17) is 9.47 Å². The van der Waals surface area contributed by atoms with Crippen LogP contribution in [0.5, 0.6) is 11.5 Å². The second-order valence-electron chi connectivity index (χ2n) is 6.90. The van der Waals surface area contributed by atoms with E-state index in [2.05, 4.69) is 10.1 Å². The van der Waals surface area contributed by atoms with Crippen LogP contribution in [-0.4, -0.2) is 39.2 Å². The Labute approximate surface area is 172 Å². The number of ketones is 1. The van der Waals surface area contributed by atoms with Crippen LogP contribution >= 0.6 is 0 Å². The molecule has 0 N–H and O–H groups in total. The molecule has 2 heterocycles. The number of rotatable bonds is 7. The van der Waals surface area contributed by atoms with E-state index < -0.39 is 5.69 Å². The molecule has 0 fully saturated rings. The summed E-state index contributed by atoms with van der Waals surface area (Å²) >= 11 is 0. The van der Waals surface area contributed by atoms with Gasteiger partial charge in [0.2, 0.25) is 0 Å². The van der Waals surface area contributed by atoms with Crippen molar-refractivity contribution in [1.82, 2.24) is 19.2 Å². The molecule has 0 saturated carbocycles. The quantitative estimate of drug-likeness (QED) is 0.439. The van der Waals surface area contributed by atoms with Crippen molar-refractivity contribution in [3.05, 3.63) is 64.3 Å². The Morgan fingerprint density at radius 3 is 2.43 bits per heavy atom. The fourth-order valence-electron chi connectivity index (χ4n) is 3.49. The van der Waals surface area contributed by atoms with Gasteiger partial charge in [0.05, 0.1) is 26.3 Å². The van der Waals surface area contributed by atoms with Gasteiger partial charge in [-0.05, 0) is 12.5 Å². The summed E-state index contributed by atoms with van der Waals surface area (Å²) in [6.45, 7) is 1.89. The van der Waals surface area contributed by atoms with Gasteiger partial charge in [0, 0.05) is 23.4 Å². The van der Waals surface area contributed by atoms with Gasteiger partial charge in [0.1, 0.15) is 0 Å². The van der Waals surface area contributed by atoms with Crippen molar-refractivity contribution < 1.29 is 14.3 Å². The summed E-state index contributed by atoms with van der Waals surface area (Å²) in [4.78, 5) is 30.7. The lowest BCUT2D eigenvalue weighted by molar-refractivity contribution is 0.0971. The lowest BCUT2D eigenvalue weighted by Crippen LogP contribution is -2.30. The Morgan fingerprint density at radius 1 is 1.07 bits per heavy atom. The molecule has 154 valence electrons. The van der Waals surface area contributed by atoms with E-state index in [0.29, 0.717) is 45.9 Å². The number of ether oxygens (including phenoxy) is 2. The number of fused-ring (bicyclic) bond motifs is 3. The Kier molecular flexibility index (Phi) is 5.22. The van der Waals surface area contributed by atoms with Gasteiger partial charge in [-0.15, -0.1) is 5.10 Å². The molecule has 2 aromatic heterocycles. The van der Waals surface area contributed by atoms with Crippen molar-refractivity contribution in [2.75, 3.05) is 14.2 Å². The van der Waals surface area contributed by atoms with Crippen LogP contribution in [0.4, 0.5) is 0 Å². The highest BCUT2D eigenvalue weighted by Crippen LogP contribution is 2.33. The highest BCUT2D eigenvalue weighted by Gasteiger charge is 2.20. The van der Waals surface area contributed by atoms with E-state index in [1.54, 1.807) is 43.5 Å². The van der Waals surface area contributed by atoms with Crippen LogP contribution in [0.15, 0.2) is 47.3 Å². The number of hydrogen-bond donors (Lipinski definition) is 0. The Bertz CT molecular complexity index is 1290. The van der Waals surface area contributed by atoms with Crippen LogP contribution in [0.25, 0.3) is 16.6 Å². The number of methoxy groups -OCH3 is 2. The highest BCUT2D eigenvalue weighted by atomic mass is 16.5. The van der Waals surface area contributed by atoms with Crippen molar-refractivity contribution >= 4 is 22.3 Å².